The number of hydrogen-bond acceptors (Lipinski definition) is 8. The maximum atomic E-state index is 13.9. The molecule has 2 aromatic carbocycles. The van der Waals surface area contributed by atoms with Crippen LogP contribution in [0.2, 0.25) is 0 Å². The molecule has 2 aromatic heterocycles. The van der Waals surface area contributed by atoms with Crippen LogP contribution in [-0.4, -0.2) is 53.8 Å². The number of nitrogens with zero attached hydrogens (tertiary/aromatic N) is 5. The fourth-order valence-corrected chi connectivity index (χ4v) is 6.56. The van der Waals surface area contributed by atoms with Crippen LogP contribution in [0.4, 0.5) is 24.9 Å². The van der Waals surface area contributed by atoms with Gasteiger partial charge in [0.1, 0.15) is 11.6 Å². The van der Waals surface area contributed by atoms with Crippen molar-refractivity contribution < 1.29 is 22.6 Å². The number of fused-ring (bicyclic) bond motifs is 1. The zero-order valence-electron chi connectivity index (χ0n) is 27.8. The number of hydrogen-bond donors (Lipinski definition) is 0. The third-order valence-electron chi connectivity index (χ3n) is 8.86. The van der Waals surface area contributed by atoms with Crippen molar-refractivity contribution >= 4 is 34.4 Å². The second kappa shape index (κ2) is 15.4. The summed E-state index contributed by atoms with van der Waals surface area (Å²) >= 11 is 1.68. The summed E-state index contributed by atoms with van der Waals surface area (Å²) in [4.78, 5) is 18.8. The monoisotopic (exact) mass is 667 g/mol. The highest BCUT2D eigenvalue weighted by Crippen LogP contribution is 2.37. The Hall–Kier alpha value is -3.73. The molecule has 4 aromatic rings. The Kier molecular flexibility index (Phi) is 11.4. The minimum Gasteiger partial charge on any atom is -0.497 e. The van der Waals surface area contributed by atoms with Crippen molar-refractivity contribution in [3.63, 3.8) is 0 Å². The Balaban J connectivity index is 1.61. The largest absolute Gasteiger partial charge is 0.497 e. The molecule has 0 radical (unpaired) electrons. The number of ether oxygens (including phenoxy) is 2. The Morgan fingerprint density at radius 3 is 2.43 bits per heavy atom. The van der Waals surface area contributed by atoms with Gasteiger partial charge in [-0.1, -0.05) is 24.5 Å². The van der Waals surface area contributed by atoms with Gasteiger partial charge in [0.05, 0.1) is 49.8 Å². The van der Waals surface area contributed by atoms with Gasteiger partial charge in [0, 0.05) is 29.8 Å². The third kappa shape index (κ3) is 8.60. The van der Waals surface area contributed by atoms with E-state index in [0.29, 0.717) is 41.9 Å². The minimum atomic E-state index is -4.46. The maximum Gasteiger partial charge on any atom is 0.416 e. The highest BCUT2D eigenvalue weighted by Gasteiger charge is 2.32. The van der Waals surface area contributed by atoms with Crippen LogP contribution in [0, 0.1) is 12.8 Å². The molecular formula is C36H44F3N5O2S. The van der Waals surface area contributed by atoms with E-state index in [-0.39, 0.29) is 0 Å². The van der Waals surface area contributed by atoms with Gasteiger partial charge < -0.3 is 19.3 Å². The Morgan fingerprint density at radius 2 is 1.77 bits per heavy atom. The van der Waals surface area contributed by atoms with E-state index in [4.69, 9.17) is 14.5 Å². The molecule has 47 heavy (non-hydrogen) atoms. The van der Waals surface area contributed by atoms with Crippen LogP contribution < -0.4 is 19.3 Å². The lowest BCUT2D eigenvalue weighted by atomic mass is 9.99. The number of aryl methyl sites for hydroxylation is 1. The van der Waals surface area contributed by atoms with E-state index in [1.165, 1.54) is 37.8 Å². The highest BCUT2D eigenvalue weighted by molar-refractivity contribution is 7.98. The fraction of sp³-hybridized carbons (Fsp3) is 0.472. The third-order valence-corrected chi connectivity index (χ3v) is 9.43. The van der Waals surface area contributed by atoms with E-state index in [0.717, 1.165) is 46.9 Å². The molecule has 1 fully saturated rings. The number of halogens is 3. The zero-order valence-corrected chi connectivity index (χ0v) is 28.6. The molecule has 2 heterocycles. The molecule has 0 amide bonds. The van der Waals surface area contributed by atoms with Gasteiger partial charge in [-0.25, -0.2) is 15.0 Å². The van der Waals surface area contributed by atoms with Gasteiger partial charge in [-0.15, -0.1) is 0 Å². The van der Waals surface area contributed by atoms with Gasteiger partial charge in [0.2, 0.25) is 5.95 Å². The van der Waals surface area contributed by atoms with Gasteiger partial charge in [-0.05, 0) is 87.7 Å². The first-order chi connectivity index (χ1) is 22.6. The predicted molar refractivity (Wildman–Crippen MR) is 185 cm³/mol. The molecule has 252 valence electrons. The molecule has 0 spiro atoms. The summed E-state index contributed by atoms with van der Waals surface area (Å²) in [6.07, 6.45) is 5.70. The summed E-state index contributed by atoms with van der Waals surface area (Å²) in [6.45, 7) is 8.25. The van der Waals surface area contributed by atoms with Crippen molar-refractivity contribution in [1.82, 2.24) is 15.0 Å². The Labute approximate surface area is 279 Å². The first-order valence-electron chi connectivity index (χ1n) is 16.2. The maximum absolute atomic E-state index is 13.9. The van der Waals surface area contributed by atoms with Crippen LogP contribution >= 0.6 is 11.8 Å². The molecule has 0 saturated heterocycles. The SMILES string of the molecule is CCN(CC1CCCC1)c1nc2ccc(OC)cc2cc1CN(c1ncc(OCCSC)cn1)C(C)c1cc(C)cc(C(F)(F)F)c1. The van der Waals surface area contributed by atoms with Crippen LogP contribution in [0.3, 0.4) is 0 Å². The number of methoxy groups -OCH3 is 1. The van der Waals surface area contributed by atoms with Crippen LogP contribution in [0.1, 0.15) is 67.8 Å². The van der Waals surface area contributed by atoms with Gasteiger partial charge in [0.15, 0.2) is 5.75 Å². The lowest BCUT2D eigenvalue weighted by Gasteiger charge is -2.33. The van der Waals surface area contributed by atoms with E-state index in [1.807, 2.05) is 36.3 Å². The zero-order chi connectivity index (χ0) is 33.6. The number of rotatable bonds is 14. The molecule has 0 bridgehead atoms. The molecule has 1 saturated carbocycles. The molecular weight excluding hydrogens is 623 g/mol. The Morgan fingerprint density at radius 1 is 1.02 bits per heavy atom. The number of anilines is 2. The van der Waals surface area contributed by atoms with Crippen LogP contribution in [0.15, 0.2) is 54.9 Å². The van der Waals surface area contributed by atoms with E-state index in [1.54, 1.807) is 44.3 Å². The molecule has 11 heteroatoms. The van der Waals surface area contributed by atoms with Crippen molar-refractivity contribution in [2.24, 2.45) is 5.92 Å². The number of benzene rings is 2. The van der Waals surface area contributed by atoms with Crippen LogP contribution in [-0.2, 0) is 12.7 Å². The standard InChI is InChI=1S/C36H44F3N5O2S/c1-6-43(22-26-9-7-8-10-26)34-29(17-28-19-31(45-4)11-12-33(28)42-34)23-44(35-40-20-32(21-41-35)46-13-14-47-5)25(3)27-15-24(2)16-30(18-27)36(37,38)39/h11-12,15-21,25-26H,6-10,13-14,22-23H2,1-5H3. The average Bonchev–Trinajstić information content (AvgIpc) is 3.58. The lowest BCUT2D eigenvalue weighted by Crippen LogP contribution is -2.33. The van der Waals surface area contributed by atoms with Gasteiger partial charge in [0.25, 0.3) is 0 Å². The lowest BCUT2D eigenvalue weighted by molar-refractivity contribution is -0.137. The molecule has 0 N–H and O–H groups in total. The van der Waals surface area contributed by atoms with Crippen LogP contribution in [0.25, 0.3) is 10.9 Å². The number of thioether (sulfide) groups is 1. The summed E-state index contributed by atoms with van der Waals surface area (Å²) in [5, 5.41) is 0.918. The molecule has 5 rings (SSSR count). The normalized spacial score (nSPS) is 14.4. The van der Waals surface area contributed by atoms with Crippen molar-refractivity contribution in [2.75, 3.05) is 48.6 Å². The minimum absolute atomic E-state index is 0.319. The van der Waals surface area contributed by atoms with E-state index < -0.39 is 17.8 Å². The highest BCUT2D eigenvalue weighted by atomic mass is 32.2. The fourth-order valence-electron chi connectivity index (χ4n) is 6.31. The molecule has 0 aliphatic heterocycles. The van der Waals surface area contributed by atoms with Gasteiger partial charge >= 0.3 is 6.18 Å². The molecule has 1 aliphatic carbocycles. The summed E-state index contributed by atoms with van der Waals surface area (Å²) in [5.41, 5.74) is 2.17. The molecule has 1 unspecified atom stereocenters. The predicted octanol–water partition coefficient (Wildman–Crippen LogP) is 8.89. The van der Waals surface area contributed by atoms with Crippen molar-refractivity contribution in [2.45, 2.75) is 65.2 Å². The second-order valence-electron chi connectivity index (χ2n) is 12.2. The Bertz CT molecular complexity index is 1630. The second-order valence-corrected chi connectivity index (χ2v) is 13.2. The van der Waals surface area contributed by atoms with Gasteiger partial charge in [-0.3, -0.25) is 0 Å². The van der Waals surface area contributed by atoms with E-state index in [2.05, 4.69) is 27.9 Å². The van der Waals surface area contributed by atoms with Crippen molar-refractivity contribution in [3.05, 3.63) is 77.1 Å². The van der Waals surface area contributed by atoms with Crippen molar-refractivity contribution in [1.29, 1.82) is 0 Å². The first-order valence-corrected chi connectivity index (χ1v) is 17.6. The topological polar surface area (TPSA) is 63.6 Å². The van der Waals surface area contributed by atoms with Crippen molar-refractivity contribution in [3.8, 4) is 11.5 Å². The number of aromatic nitrogens is 3. The van der Waals surface area contributed by atoms with E-state index >= 15 is 0 Å². The number of alkyl halides is 3. The number of pyridine rings is 1. The van der Waals surface area contributed by atoms with Gasteiger partial charge in [-0.2, -0.15) is 24.9 Å². The molecule has 1 atom stereocenters. The summed E-state index contributed by atoms with van der Waals surface area (Å²) in [5.74, 6) is 3.95. The first kappa shape index (κ1) is 34.6. The summed E-state index contributed by atoms with van der Waals surface area (Å²) in [7, 11) is 1.64. The average molecular weight is 668 g/mol. The smallest absolute Gasteiger partial charge is 0.416 e. The quantitative estimate of drug-likeness (QED) is 0.124. The van der Waals surface area contributed by atoms with Crippen LogP contribution in [0.5, 0.6) is 11.5 Å². The summed E-state index contributed by atoms with van der Waals surface area (Å²) in [6, 6.07) is 11.7. The van der Waals surface area contributed by atoms with E-state index in [9.17, 15) is 13.2 Å². The summed E-state index contributed by atoms with van der Waals surface area (Å²) < 4.78 is 53.1. The molecule has 1 aliphatic rings. The molecule has 7 nitrogen and oxygen atoms in total.